The van der Waals surface area contributed by atoms with E-state index in [9.17, 15) is 8.42 Å². The molecule has 0 radical (unpaired) electrons. The van der Waals surface area contributed by atoms with E-state index in [-0.39, 0.29) is 4.90 Å². The number of hydrogen-bond acceptors (Lipinski definition) is 2. The Balaban J connectivity index is 3.39. The summed E-state index contributed by atoms with van der Waals surface area (Å²) in [5.41, 5.74) is 1.71. The van der Waals surface area contributed by atoms with Crippen LogP contribution in [-0.2, 0) is 9.05 Å². The van der Waals surface area contributed by atoms with Crippen LogP contribution in [0.15, 0.2) is 23.1 Å². The van der Waals surface area contributed by atoms with E-state index >= 15 is 0 Å². The third-order valence-electron chi connectivity index (χ3n) is 1.59. The molecule has 1 aromatic carbocycles. The van der Waals surface area contributed by atoms with Crippen LogP contribution in [0.2, 0.25) is 0 Å². The van der Waals surface area contributed by atoms with Crippen LogP contribution in [-0.4, -0.2) is 8.42 Å². The van der Waals surface area contributed by atoms with Gasteiger partial charge < -0.3 is 0 Å². The monoisotopic (exact) mass is 204 g/mol. The van der Waals surface area contributed by atoms with E-state index in [1.807, 2.05) is 6.92 Å². The Labute approximate surface area is 76.6 Å². The van der Waals surface area contributed by atoms with Gasteiger partial charge in [0.25, 0.3) is 9.05 Å². The van der Waals surface area contributed by atoms with E-state index in [0.717, 1.165) is 5.56 Å². The molecule has 0 bridgehead atoms. The molecule has 0 saturated heterocycles. The van der Waals surface area contributed by atoms with Crippen molar-refractivity contribution in [3.05, 3.63) is 29.3 Å². The van der Waals surface area contributed by atoms with E-state index in [2.05, 4.69) is 0 Å². The molecular formula is C8H9ClO2S. The first kappa shape index (κ1) is 9.55. The van der Waals surface area contributed by atoms with Gasteiger partial charge in [0.05, 0.1) is 4.90 Å². The summed E-state index contributed by atoms with van der Waals surface area (Å²) in [4.78, 5) is 0.190. The number of hydrogen-bond donors (Lipinski definition) is 0. The molecule has 0 aromatic heterocycles. The lowest BCUT2D eigenvalue weighted by atomic mass is 10.2. The van der Waals surface area contributed by atoms with Gasteiger partial charge in [-0.05, 0) is 25.5 Å². The highest BCUT2D eigenvalue weighted by Crippen LogP contribution is 2.19. The Morgan fingerprint density at radius 3 is 2.25 bits per heavy atom. The smallest absolute Gasteiger partial charge is 0.207 e. The molecule has 0 N–H and O–H groups in total. The summed E-state index contributed by atoms with van der Waals surface area (Å²) in [7, 11) is 1.61. The first-order valence-corrected chi connectivity index (χ1v) is 5.74. The second-order valence-electron chi connectivity index (χ2n) is 2.71. The molecule has 0 atom stereocenters. The first-order chi connectivity index (χ1) is 5.41. The number of aryl methyl sites for hydroxylation is 2. The standard InChI is InChI=1S/C8H9ClO2S/c1-6-3-4-8(7(2)5-6)12(9,10)11/h3-5H,1-2H3. The van der Waals surface area contributed by atoms with Crippen molar-refractivity contribution in [2.75, 3.05) is 0 Å². The van der Waals surface area contributed by atoms with Crippen LogP contribution in [0.25, 0.3) is 0 Å². The minimum atomic E-state index is -3.58. The maximum Gasteiger partial charge on any atom is 0.261 e. The molecule has 0 spiro atoms. The van der Waals surface area contributed by atoms with Gasteiger partial charge in [-0.25, -0.2) is 8.42 Å². The molecule has 0 aliphatic rings. The lowest BCUT2D eigenvalue weighted by Gasteiger charge is -2.01. The molecule has 0 saturated carbocycles. The lowest BCUT2D eigenvalue weighted by Crippen LogP contribution is -1.94. The summed E-state index contributed by atoms with van der Waals surface area (Å²) in [6, 6.07) is 5.03. The van der Waals surface area contributed by atoms with E-state index in [1.54, 1.807) is 19.1 Å². The number of rotatable bonds is 1. The topological polar surface area (TPSA) is 34.1 Å². The predicted octanol–water partition coefficient (Wildman–Crippen LogP) is 2.23. The van der Waals surface area contributed by atoms with Gasteiger partial charge in [0.2, 0.25) is 0 Å². The molecule has 1 aromatic rings. The Bertz CT molecular complexity index is 396. The van der Waals surface area contributed by atoms with Crippen molar-refractivity contribution in [2.24, 2.45) is 0 Å². The maximum atomic E-state index is 10.9. The third kappa shape index (κ3) is 1.99. The average Bonchev–Trinajstić information content (AvgIpc) is 1.83. The molecule has 1 rings (SSSR count). The molecule has 0 aliphatic carbocycles. The summed E-state index contributed by atoms with van der Waals surface area (Å²) in [5.74, 6) is 0. The normalized spacial score (nSPS) is 11.6. The van der Waals surface area contributed by atoms with Gasteiger partial charge in [-0.15, -0.1) is 0 Å². The van der Waals surface area contributed by atoms with Crippen molar-refractivity contribution in [3.63, 3.8) is 0 Å². The van der Waals surface area contributed by atoms with Crippen LogP contribution < -0.4 is 0 Å². The fraction of sp³-hybridized carbons (Fsp3) is 0.250. The van der Waals surface area contributed by atoms with Crippen molar-refractivity contribution in [1.29, 1.82) is 0 Å². The van der Waals surface area contributed by atoms with Crippen molar-refractivity contribution in [2.45, 2.75) is 18.7 Å². The zero-order chi connectivity index (χ0) is 9.35. The maximum absolute atomic E-state index is 10.9. The molecule has 66 valence electrons. The minimum absolute atomic E-state index is 0.190. The van der Waals surface area contributed by atoms with Crippen molar-refractivity contribution in [3.8, 4) is 0 Å². The van der Waals surface area contributed by atoms with Gasteiger partial charge in [0.1, 0.15) is 0 Å². The van der Waals surface area contributed by atoms with Gasteiger partial charge >= 0.3 is 0 Å². The molecule has 0 unspecified atom stereocenters. The van der Waals surface area contributed by atoms with Crippen LogP contribution in [0.4, 0.5) is 0 Å². The predicted molar refractivity (Wildman–Crippen MR) is 49.0 cm³/mol. The number of halogens is 1. The molecular weight excluding hydrogens is 196 g/mol. The van der Waals surface area contributed by atoms with Gasteiger partial charge in [-0.1, -0.05) is 17.7 Å². The Kier molecular flexibility index (Phi) is 2.44. The van der Waals surface area contributed by atoms with Gasteiger partial charge in [0.15, 0.2) is 0 Å². The van der Waals surface area contributed by atoms with Crippen LogP contribution in [0.3, 0.4) is 0 Å². The Morgan fingerprint density at radius 1 is 1.25 bits per heavy atom. The largest absolute Gasteiger partial charge is 0.261 e. The second kappa shape index (κ2) is 3.07. The fourth-order valence-corrected chi connectivity index (χ4v) is 2.27. The Morgan fingerprint density at radius 2 is 1.83 bits per heavy atom. The summed E-state index contributed by atoms with van der Waals surface area (Å²) in [6.07, 6.45) is 0. The molecule has 0 fully saturated rings. The number of benzene rings is 1. The average molecular weight is 205 g/mol. The summed E-state index contributed by atoms with van der Waals surface area (Å²) in [5, 5.41) is 0. The van der Waals surface area contributed by atoms with E-state index in [0.29, 0.717) is 5.56 Å². The van der Waals surface area contributed by atoms with Gasteiger partial charge in [-0.3, -0.25) is 0 Å². The molecule has 0 aliphatic heterocycles. The van der Waals surface area contributed by atoms with Crippen molar-refractivity contribution < 1.29 is 8.42 Å². The second-order valence-corrected chi connectivity index (χ2v) is 5.24. The zero-order valence-corrected chi connectivity index (χ0v) is 8.41. The van der Waals surface area contributed by atoms with E-state index < -0.39 is 9.05 Å². The highest BCUT2D eigenvalue weighted by atomic mass is 35.7. The SMILES string of the molecule is Cc1ccc(S(=O)(=O)Cl)c(C)c1. The van der Waals surface area contributed by atoms with Crippen LogP contribution in [0.5, 0.6) is 0 Å². The zero-order valence-electron chi connectivity index (χ0n) is 6.83. The van der Waals surface area contributed by atoms with Crippen molar-refractivity contribution >= 4 is 19.7 Å². The molecule has 0 heterocycles. The van der Waals surface area contributed by atoms with Gasteiger partial charge in [-0.2, -0.15) is 0 Å². The summed E-state index contributed by atoms with van der Waals surface area (Å²) in [6.45, 7) is 3.62. The highest BCUT2D eigenvalue weighted by molar-refractivity contribution is 8.13. The quantitative estimate of drug-likeness (QED) is 0.658. The minimum Gasteiger partial charge on any atom is -0.207 e. The van der Waals surface area contributed by atoms with Gasteiger partial charge in [0, 0.05) is 10.7 Å². The van der Waals surface area contributed by atoms with Crippen LogP contribution in [0, 0.1) is 13.8 Å². The third-order valence-corrected chi connectivity index (χ3v) is 3.08. The Hall–Kier alpha value is -0.540. The molecule has 0 amide bonds. The van der Waals surface area contributed by atoms with E-state index in [1.165, 1.54) is 6.07 Å². The van der Waals surface area contributed by atoms with E-state index in [4.69, 9.17) is 10.7 Å². The highest BCUT2D eigenvalue weighted by Gasteiger charge is 2.12. The van der Waals surface area contributed by atoms with Crippen LogP contribution >= 0.6 is 10.7 Å². The summed E-state index contributed by atoms with van der Waals surface area (Å²) < 4.78 is 21.9. The molecule has 2 nitrogen and oxygen atoms in total. The fourth-order valence-electron chi connectivity index (χ4n) is 1.07. The molecule has 4 heteroatoms. The van der Waals surface area contributed by atoms with Crippen molar-refractivity contribution in [1.82, 2.24) is 0 Å². The first-order valence-electron chi connectivity index (χ1n) is 3.43. The van der Waals surface area contributed by atoms with Crippen LogP contribution in [0.1, 0.15) is 11.1 Å². The molecule has 12 heavy (non-hydrogen) atoms. The lowest BCUT2D eigenvalue weighted by molar-refractivity contribution is 0.609. The summed E-state index contributed by atoms with van der Waals surface area (Å²) >= 11 is 0.